The van der Waals surface area contributed by atoms with Crippen LogP contribution < -0.4 is 15.5 Å². The SMILES string of the molecule is CN=C(NCC(c1ccco1)N1CCCC1)NC1CCN(c2ncccc2Cl)C1. The smallest absolute Gasteiger partial charge is 0.191 e. The number of hydrogen-bond acceptors (Lipinski definition) is 5. The Morgan fingerprint density at radius 3 is 2.90 bits per heavy atom. The summed E-state index contributed by atoms with van der Waals surface area (Å²) in [4.78, 5) is 13.6. The number of nitrogens with one attached hydrogen (secondary N) is 2. The van der Waals surface area contributed by atoms with Gasteiger partial charge in [-0.15, -0.1) is 0 Å². The molecular formula is C21H29ClN6O. The van der Waals surface area contributed by atoms with Crippen molar-refractivity contribution in [3.8, 4) is 0 Å². The van der Waals surface area contributed by atoms with E-state index < -0.39 is 0 Å². The lowest BCUT2D eigenvalue weighted by Crippen LogP contribution is -2.47. The van der Waals surface area contributed by atoms with Gasteiger partial charge in [-0.1, -0.05) is 11.6 Å². The number of pyridine rings is 1. The van der Waals surface area contributed by atoms with Gasteiger partial charge in [0.05, 0.1) is 17.3 Å². The van der Waals surface area contributed by atoms with Gasteiger partial charge in [-0.05, 0) is 56.6 Å². The van der Waals surface area contributed by atoms with Gasteiger partial charge in [0.2, 0.25) is 0 Å². The fourth-order valence-corrected chi connectivity index (χ4v) is 4.45. The standard InChI is InChI=1S/C21H29ClN6O/c1-23-21(25-14-18(19-7-5-13-29-19)27-10-2-3-11-27)26-16-8-12-28(15-16)20-17(22)6-4-9-24-20/h4-7,9,13,16,18H,2-3,8,10-12,14-15H2,1H3,(H2,23,25,26). The number of aromatic nitrogens is 1. The lowest BCUT2D eigenvalue weighted by Gasteiger charge is -2.27. The zero-order valence-corrected chi connectivity index (χ0v) is 17.6. The van der Waals surface area contributed by atoms with Crippen molar-refractivity contribution in [2.75, 3.05) is 44.7 Å². The van der Waals surface area contributed by atoms with E-state index in [0.717, 1.165) is 56.7 Å². The zero-order chi connectivity index (χ0) is 20.1. The Morgan fingerprint density at radius 2 is 2.17 bits per heavy atom. The maximum absolute atomic E-state index is 6.31. The number of halogens is 1. The van der Waals surface area contributed by atoms with E-state index in [1.165, 1.54) is 12.8 Å². The molecule has 2 aromatic rings. The second-order valence-corrected chi connectivity index (χ2v) is 8.02. The van der Waals surface area contributed by atoms with Crippen molar-refractivity contribution in [1.82, 2.24) is 20.5 Å². The van der Waals surface area contributed by atoms with Gasteiger partial charge in [-0.3, -0.25) is 9.89 Å². The molecule has 29 heavy (non-hydrogen) atoms. The average Bonchev–Trinajstić information content (AvgIpc) is 3.51. The molecule has 0 bridgehead atoms. The Bertz CT molecular complexity index is 805. The van der Waals surface area contributed by atoms with Crippen LogP contribution >= 0.6 is 11.6 Å². The van der Waals surface area contributed by atoms with Gasteiger partial charge in [0.15, 0.2) is 5.96 Å². The van der Waals surface area contributed by atoms with Crippen LogP contribution in [0.5, 0.6) is 0 Å². The Labute approximate surface area is 177 Å². The largest absolute Gasteiger partial charge is 0.468 e. The lowest BCUT2D eigenvalue weighted by atomic mass is 10.2. The Morgan fingerprint density at radius 1 is 1.31 bits per heavy atom. The summed E-state index contributed by atoms with van der Waals surface area (Å²) in [6.07, 6.45) is 7.05. The summed E-state index contributed by atoms with van der Waals surface area (Å²) >= 11 is 6.31. The highest BCUT2D eigenvalue weighted by Gasteiger charge is 2.28. The third-order valence-electron chi connectivity index (χ3n) is 5.71. The van der Waals surface area contributed by atoms with E-state index in [9.17, 15) is 0 Å². The van der Waals surface area contributed by atoms with Crippen LogP contribution in [0, 0.1) is 0 Å². The molecule has 0 aliphatic carbocycles. The number of rotatable bonds is 6. The summed E-state index contributed by atoms with van der Waals surface area (Å²) in [6, 6.07) is 8.29. The minimum atomic E-state index is 0.221. The Kier molecular flexibility index (Phi) is 6.56. The molecule has 0 amide bonds. The molecule has 0 aromatic carbocycles. The van der Waals surface area contributed by atoms with Crippen LogP contribution in [0.1, 0.15) is 31.1 Å². The summed E-state index contributed by atoms with van der Waals surface area (Å²) in [6.45, 7) is 4.76. The number of likely N-dealkylation sites (tertiary alicyclic amines) is 1. The predicted octanol–water partition coefficient (Wildman–Crippen LogP) is 2.91. The van der Waals surface area contributed by atoms with Gasteiger partial charge in [0, 0.05) is 38.9 Å². The maximum atomic E-state index is 6.31. The van der Waals surface area contributed by atoms with Crippen molar-refractivity contribution in [1.29, 1.82) is 0 Å². The van der Waals surface area contributed by atoms with E-state index in [-0.39, 0.29) is 6.04 Å². The molecule has 2 N–H and O–H groups in total. The van der Waals surface area contributed by atoms with E-state index >= 15 is 0 Å². The van der Waals surface area contributed by atoms with Gasteiger partial charge in [-0.2, -0.15) is 0 Å². The highest BCUT2D eigenvalue weighted by Crippen LogP contribution is 2.26. The molecule has 7 nitrogen and oxygen atoms in total. The molecule has 4 rings (SSSR count). The third kappa shape index (κ3) is 4.85. The first-order valence-electron chi connectivity index (χ1n) is 10.3. The number of guanidine groups is 1. The number of nitrogens with zero attached hydrogens (tertiary/aromatic N) is 4. The molecule has 2 aliphatic rings. The fourth-order valence-electron chi connectivity index (χ4n) is 4.21. The fraction of sp³-hybridized carbons (Fsp3) is 0.524. The zero-order valence-electron chi connectivity index (χ0n) is 16.9. The molecule has 0 radical (unpaired) electrons. The second kappa shape index (κ2) is 9.50. The van der Waals surface area contributed by atoms with Crippen molar-refractivity contribution in [2.45, 2.75) is 31.3 Å². The van der Waals surface area contributed by atoms with Gasteiger partial charge in [-0.25, -0.2) is 4.98 Å². The van der Waals surface area contributed by atoms with Gasteiger partial charge in [0.25, 0.3) is 0 Å². The monoisotopic (exact) mass is 416 g/mol. The highest BCUT2D eigenvalue weighted by molar-refractivity contribution is 6.32. The van der Waals surface area contributed by atoms with Crippen molar-refractivity contribution in [3.63, 3.8) is 0 Å². The minimum absolute atomic E-state index is 0.221. The predicted molar refractivity (Wildman–Crippen MR) is 117 cm³/mol. The molecule has 2 unspecified atom stereocenters. The summed E-state index contributed by atoms with van der Waals surface area (Å²) in [5, 5.41) is 7.75. The number of furan rings is 1. The van der Waals surface area contributed by atoms with E-state index in [1.54, 1.807) is 12.5 Å². The van der Waals surface area contributed by atoms with E-state index in [2.05, 4.69) is 36.5 Å². The molecule has 0 spiro atoms. The van der Waals surface area contributed by atoms with Crippen LogP contribution in [-0.2, 0) is 0 Å². The average molecular weight is 417 g/mol. The van der Waals surface area contributed by atoms with Crippen LogP contribution in [0.25, 0.3) is 0 Å². The first kappa shape index (κ1) is 20.0. The third-order valence-corrected chi connectivity index (χ3v) is 6.00. The molecule has 0 saturated carbocycles. The molecule has 2 saturated heterocycles. The number of aliphatic imine (C=N–C) groups is 1. The molecule has 2 fully saturated rings. The molecular weight excluding hydrogens is 388 g/mol. The van der Waals surface area contributed by atoms with Crippen molar-refractivity contribution >= 4 is 23.4 Å². The molecule has 4 heterocycles. The van der Waals surface area contributed by atoms with E-state index in [4.69, 9.17) is 16.0 Å². The number of hydrogen-bond donors (Lipinski definition) is 2. The van der Waals surface area contributed by atoms with E-state index in [1.807, 2.05) is 25.2 Å². The van der Waals surface area contributed by atoms with Crippen molar-refractivity contribution < 1.29 is 4.42 Å². The minimum Gasteiger partial charge on any atom is -0.468 e. The van der Waals surface area contributed by atoms with Crippen LogP contribution in [-0.4, -0.2) is 61.7 Å². The normalized spacial score (nSPS) is 21.5. The van der Waals surface area contributed by atoms with Gasteiger partial charge < -0.3 is 20.0 Å². The van der Waals surface area contributed by atoms with Crippen LogP contribution in [0.15, 0.2) is 46.1 Å². The molecule has 156 valence electrons. The van der Waals surface area contributed by atoms with Crippen LogP contribution in [0.4, 0.5) is 5.82 Å². The molecule has 8 heteroatoms. The summed E-state index contributed by atoms with van der Waals surface area (Å²) in [5.41, 5.74) is 0. The van der Waals surface area contributed by atoms with Crippen LogP contribution in [0.2, 0.25) is 5.02 Å². The second-order valence-electron chi connectivity index (χ2n) is 7.61. The molecule has 2 aromatic heterocycles. The van der Waals surface area contributed by atoms with Gasteiger partial charge in [0.1, 0.15) is 11.6 Å². The Hall–Kier alpha value is -2.25. The Balaban J connectivity index is 1.33. The summed E-state index contributed by atoms with van der Waals surface area (Å²) in [5.74, 6) is 2.68. The topological polar surface area (TPSA) is 68.9 Å². The first-order valence-corrected chi connectivity index (χ1v) is 10.7. The number of anilines is 1. The first-order chi connectivity index (χ1) is 14.2. The molecule has 2 atom stereocenters. The summed E-state index contributed by atoms with van der Waals surface area (Å²) in [7, 11) is 1.81. The quantitative estimate of drug-likeness (QED) is 0.557. The van der Waals surface area contributed by atoms with Crippen molar-refractivity contribution in [2.24, 2.45) is 4.99 Å². The van der Waals surface area contributed by atoms with Crippen LogP contribution in [0.3, 0.4) is 0 Å². The van der Waals surface area contributed by atoms with E-state index in [0.29, 0.717) is 11.1 Å². The maximum Gasteiger partial charge on any atom is 0.191 e. The molecule has 2 aliphatic heterocycles. The highest BCUT2D eigenvalue weighted by atomic mass is 35.5. The summed E-state index contributed by atoms with van der Waals surface area (Å²) < 4.78 is 5.71. The van der Waals surface area contributed by atoms with Gasteiger partial charge >= 0.3 is 0 Å². The van der Waals surface area contributed by atoms with Crippen molar-refractivity contribution in [3.05, 3.63) is 47.5 Å². The lowest BCUT2D eigenvalue weighted by molar-refractivity contribution is 0.215.